The van der Waals surface area contributed by atoms with E-state index in [0.29, 0.717) is 5.92 Å². The van der Waals surface area contributed by atoms with Gasteiger partial charge in [0, 0.05) is 0 Å². The largest absolute Gasteiger partial charge is 0.496 e. The predicted molar refractivity (Wildman–Crippen MR) is 143 cm³/mol. The monoisotopic (exact) mass is 554 g/mol. The third-order valence-electron chi connectivity index (χ3n) is 9.21. The Labute approximate surface area is 228 Å². The Morgan fingerprint density at radius 2 is 1.18 bits per heavy atom. The Morgan fingerprint density at radius 3 is 1.64 bits per heavy atom. The molecule has 2 aromatic carbocycles. The maximum absolute atomic E-state index is 13.9. The molecule has 2 aliphatic carbocycles. The van der Waals surface area contributed by atoms with Crippen LogP contribution in [0.25, 0.3) is 11.1 Å². The molecule has 0 heterocycles. The van der Waals surface area contributed by atoms with Crippen LogP contribution in [-0.2, 0) is 18.8 Å². The van der Waals surface area contributed by atoms with Crippen molar-refractivity contribution in [1.29, 1.82) is 0 Å². The van der Waals surface area contributed by atoms with E-state index in [2.05, 4.69) is 11.7 Å². The molecule has 7 heteroatoms. The molecule has 0 aliphatic heterocycles. The normalized spacial score (nSPS) is 24.5. The number of hydrogen-bond acceptors (Lipinski definition) is 1. The van der Waals surface area contributed by atoms with Gasteiger partial charge in [-0.1, -0.05) is 75.8 Å². The maximum atomic E-state index is 13.9. The standard InChI is InChI=1S/C32H40F6O/c1-3-4-21-7-13-24(14-8-21)25-15-9-22(10-16-25)5-6-23-11-17-26(18-12-23)27-19-20-28(39-2)30(32(36,37)38)29(27)31(33,34)35/h11-12,17-22,24-25H,3-10,13-16H2,1-2H3. The molecular weight excluding hydrogens is 514 g/mol. The molecule has 216 valence electrons. The van der Waals surface area contributed by atoms with Gasteiger partial charge in [-0.3, -0.25) is 0 Å². The zero-order chi connectivity index (χ0) is 28.2. The van der Waals surface area contributed by atoms with E-state index in [1.807, 2.05) is 0 Å². The van der Waals surface area contributed by atoms with Crippen molar-refractivity contribution in [3.8, 4) is 16.9 Å². The molecule has 2 aromatic rings. The van der Waals surface area contributed by atoms with Gasteiger partial charge in [0.25, 0.3) is 0 Å². The minimum Gasteiger partial charge on any atom is -0.496 e. The highest BCUT2D eigenvalue weighted by Crippen LogP contribution is 2.49. The molecule has 2 fully saturated rings. The Hall–Kier alpha value is -2.18. The summed E-state index contributed by atoms with van der Waals surface area (Å²) in [7, 11) is 0.935. The Morgan fingerprint density at radius 1 is 0.667 bits per heavy atom. The van der Waals surface area contributed by atoms with Gasteiger partial charge in [-0.25, -0.2) is 0 Å². The van der Waals surface area contributed by atoms with Crippen molar-refractivity contribution in [2.45, 2.75) is 96.3 Å². The van der Waals surface area contributed by atoms with Crippen LogP contribution >= 0.6 is 0 Å². The predicted octanol–water partition coefficient (Wildman–Crippen LogP) is 10.7. The van der Waals surface area contributed by atoms with Gasteiger partial charge in [0.05, 0.1) is 12.7 Å². The highest BCUT2D eigenvalue weighted by Gasteiger charge is 2.47. The fourth-order valence-corrected chi connectivity index (χ4v) is 7.10. The number of ether oxygens (including phenoxy) is 1. The van der Waals surface area contributed by atoms with Crippen molar-refractivity contribution in [2.75, 3.05) is 7.11 Å². The summed E-state index contributed by atoms with van der Waals surface area (Å²) < 4.78 is 87.3. The summed E-state index contributed by atoms with van der Waals surface area (Å²) in [4.78, 5) is 0. The van der Waals surface area contributed by atoms with Crippen LogP contribution in [0.4, 0.5) is 26.3 Å². The minimum atomic E-state index is -5.21. The van der Waals surface area contributed by atoms with Gasteiger partial charge >= 0.3 is 12.4 Å². The molecule has 0 radical (unpaired) electrons. The quantitative estimate of drug-likeness (QED) is 0.295. The van der Waals surface area contributed by atoms with Crippen LogP contribution in [0.3, 0.4) is 0 Å². The first-order valence-electron chi connectivity index (χ1n) is 14.5. The van der Waals surface area contributed by atoms with Crippen molar-refractivity contribution < 1.29 is 31.1 Å². The second-order valence-corrected chi connectivity index (χ2v) is 11.6. The molecule has 1 nitrogen and oxygen atoms in total. The first-order chi connectivity index (χ1) is 18.5. The van der Waals surface area contributed by atoms with E-state index >= 15 is 0 Å². The summed E-state index contributed by atoms with van der Waals surface area (Å²) in [6, 6.07) is 8.49. The summed E-state index contributed by atoms with van der Waals surface area (Å²) in [5, 5.41) is 0. The number of rotatable bonds is 8. The second-order valence-electron chi connectivity index (χ2n) is 11.6. The number of benzene rings is 2. The van der Waals surface area contributed by atoms with Crippen molar-refractivity contribution in [3.63, 3.8) is 0 Å². The van der Waals surface area contributed by atoms with Gasteiger partial charge in [-0.15, -0.1) is 0 Å². The molecule has 0 bridgehead atoms. The molecule has 0 aromatic heterocycles. The van der Waals surface area contributed by atoms with E-state index in [4.69, 9.17) is 0 Å². The van der Waals surface area contributed by atoms with Crippen molar-refractivity contribution in [1.82, 2.24) is 0 Å². The molecule has 0 atom stereocenters. The number of aryl methyl sites for hydroxylation is 1. The molecule has 2 saturated carbocycles. The Bertz CT molecular complexity index is 1060. The van der Waals surface area contributed by atoms with Crippen LogP contribution < -0.4 is 4.74 Å². The lowest BCUT2D eigenvalue weighted by Gasteiger charge is -2.38. The molecule has 0 saturated heterocycles. The molecular formula is C32H40F6O. The summed E-state index contributed by atoms with van der Waals surface area (Å²) in [5.41, 5.74) is -2.90. The van der Waals surface area contributed by atoms with Crippen LogP contribution in [0.2, 0.25) is 0 Å². The number of alkyl halides is 6. The summed E-state index contributed by atoms with van der Waals surface area (Å²) in [6.45, 7) is 2.28. The van der Waals surface area contributed by atoms with Crippen molar-refractivity contribution in [3.05, 3.63) is 53.1 Å². The van der Waals surface area contributed by atoms with E-state index in [-0.39, 0.29) is 5.56 Å². The maximum Gasteiger partial charge on any atom is 0.420 e. The smallest absolute Gasteiger partial charge is 0.420 e. The lowest BCUT2D eigenvalue weighted by atomic mass is 9.68. The van der Waals surface area contributed by atoms with Gasteiger partial charge in [0.1, 0.15) is 11.3 Å². The van der Waals surface area contributed by atoms with Gasteiger partial charge in [0.15, 0.2) is 0 Å². The highest BCUT2D eigenvalue weighted by atomic mass is 19.4. The summed E-state index contributed by atoms with van der Waals surface area (Å²) in [5.74, 6) is 2.51. The molecule has 0 N–H and O–H groups in total. The minimum absolute atomic E-state index is 0.105. The molecule has 0 unspecified atom stereocenters. The van der Waals surface area contributed by atoms with Crippen LogP contribution in [0, 0.1) is 23.7 Å². The van der Waals surface area contributed by atoms with E-state index in [1.54, 1.807) is 12.1 Å². The summed E-state index contributed by atoms with van der Waals surface area (Å²) >= 11 is 0. The topological polar surface area (TPSA) is 9.23 Å². The van der Waals surface area contributed by atoms with E-state index < -0.39 is 34.8 Å². The fraction of sp³-hybridized carbons (Fsp3) is 0.625. The van der Waals surface area contributed by atoms with Gasteiger partial charge in [-0.2, -0.15) is 26.3 Å². The number of halogens is 6. The van der Waals surface area contributed by atoms with Crippen LogP contribution in [-0.4, -0.2) is 7.11 Å². The highest BCUT2D eigenvalue weighted by molar-refractivity contribution is 5.72. The van der Waals surface area contributed by atoms with E-state index in [0.717, 1.165) is 55.4 Å². The van der Waals surface area contributed by atoms with Crippen LogP contribution in [0.5, 0.6) is 5.75 Å². The zero-order valence-electron chi connectivity index (χ0n) is 22.9. The van der Waals surface area contributed by atoms with Gasteiger partial charge in [0.2, 0.25) is 0 Å². The molecule has 0 amide bonds. The van der Waals surface area contributed by atoms with Crippen molar-refractivity contribution in [2.24, 2.45) is 23.7 Å². The molecule has 39 heavy (non-hydrogen) atoms. The molecule has 0 spiro atoms. The Kier molecular flexibility index (Phi) is 9.59. The third-order valence-corrected chi connectivity index (χ3v) is 9.21. The van der Waals surface area contributed by atoms with Crippen LogP contribution in [0.1, 0.15) is 94.2 Å². The fourth-order valence-electron chi connectivity index (χ4n) is 7.10. The van der Waals surface area contributed by atoms with Crippen LogP contribution in [0.15, 0.2) is 36.4 Å². The van der Waals surface area contributed by atoms with Crippen molar-refractivity contribution >= 4 is 0 Å². The number of hydrogen-bond donors (Lipinski definition) is 0. The Balaban J connectivity index is 1.37. The average Bonchev–Trinajstić information content (AvgIpc) is 2.91. The first kappa shape index (κ1) is 29.8. The summed E-state index contributed by atoms with van der Waals surface area (Å²) in [6.07, 6.45) is 4.75. The number of methoxy groups -OCH3 is 1. The second kappa shape index (κ2) is 12.6. The SMILES string of the molecule is CCCC1CCC(C2CCC(CCc3ccc(-c4ccc(OC)c(C(F)(F)F)c4C(F)(F)F)cc3)CC2)CC1. The lowest BCUT2D eigenvalue weighted by Crippen LogP contribution is -2.26. The third kappa shape index (κ3) is 7.32. The molecule has 2 aliphatic rings. The lowest BCUT2D eigenvalue weighted by molar-refractivity contribution is -0.162. The van der Waals surface area contributed by atoms with E-state index in [9.17, 15) is 26.3 Å². The first-order valence-corrected chi connectivity index (χ1v) is 14.5. The average molecular weight is 555 g/mol. The van der Waals surface area contributed by atoms with Gasteiger partial charge < -0.3 is 4.74 Å². The van der Waals surface area contributed by atoms with Gasteiger partial charge in [-0.05, 0) is 85.0 Å². The molecule has 4 rings (SSSR count). The zero-order valence-corrected chi connectivity index (χ0v) is 22.9. The van der Waals surface area contributed by atoms with E-state index in [1.165, 1.54) is 76.3 Å².